The summed E-state index contributed by atoms with van der Waals surface area (Å²) in [4.78, 5) is 0. The van der Waals surface area contributed by atoms with Crippen molar-refractivity contribution in [3.63, 3.8) is 0 Å². The number of rotatable bonds is 3. The van der Waals surface area contributed by atoms with Gasteiger partial charge in [-0.1, -0.05) is 0 Å². The molecular formula is C10H12FNO2. The van der Waals surface area contributed by atoms with E-state index in [9.17, 15) is 9.50 Å². The van der Waals surface area contributed by atoms with Crippen molar-refractivity contribution in [2.24, 2.45) is 0 Å². The topological polar surface area (TPSA) is 41.5 Å². The molecule has 0 saturated carbocycles. The summed E-state index contributed by atoms with van der Waals surface area (Å²) in [5.74, 6) is -0.205. The highest BCUT2D eigenvalue weighted by Crippen LogP contribution is 2.17. The molecule has 1 saturated heterocycles. The first-order valence-corrected chi connectivity index (χ1v) is 4.54. The fourth-order valence-corrected chi connectivity index (χ4v) is 1.30. The quantitative estimate of drug-likeness (QED) is 0.760. The molecule has 2 N–H and O–H groups in total. The molecule has 4 heteroatoms. The van der Waals surface area contributed by atoms with Crippen LogP contribution in [0, 0.1) is 5.82 Å². The van der Waals surface area contributed by atoms with E-state index in [1.54, 1.807) is 0 Å². The van der Waals surface area contributed by atoms with Crippen LogP contribution in [0.25, 0.3) is 0 Å². The van der Waals surface area contributed by atoms with Crippen molar-refractivity contribution >= 4 is 0 Å². The summed E-state index contributed by atoms with van der Waals surface area (Å²) >= 11 is 0. The second-order valence-corrected chi connectivity index (χ2v) is 3.39. The fourth-order valence-electron chi connectivity index (χ4n) is 1.30. The van der Waals surface area contributed by atoms with Crippen LogP contribution in [0.2, 0.25) is 0 Å². The van der Waals surface area contributed by atoms with E-state index >= 15 is 0 Å². The third kappa shape index (κ3) is 2.02. The average Bonchev–Trinajstić information content (AvgIpc) is 2.08. The standard InChI is InChI=1S/C10H12FNO2/c11-8-1-2-10(13)7(3-8)4-12-9-5-14-6-9/h1-3,9,12-13H,4-6H2. The second kappa shape index (κ2) is 3.94. The molecule has 1 aromatic carbocycles. The van der Waals surface area contributed by atoms with E-state index in [-0.39, 0.29) is 11.6 Å². The van der Waals surface area contributed by atoms with Crippen LogP contribution in [0.5, 0.6) is 5.75 Å². The molecule has 1 fully saturated rings. The molecule has 3 nitrogen and oxygen atoms in total. The van der Waals surface area contributed by atoms with Crippen LogP contribution in [0.4, 0.5) is 4.39 Å². The Labute approximate surface area is 81.5 Å². The first-order chi connectivity index (χ1) is 6.75. The monoisotopic (exact) mass is 197 g/mol. The van der Waals surface area contributed by atoms with Crippen LogP contribution in [0.3, 0.4) is 0 Å². The lowest BCUT2D eigenvalue weighted by Gasteiger charge is -2.27. The highest BCUT2D eigenvalue weighted by molar-refractivity contribution is 5.32. The van der Waals surface area contributed by atoms with Crippen molar-refractivity contribution in [1.29, 1.82) is 0 Å². The van der Waals surface area contributed by atoms with Gasteiger partial charge in [-0.05, 0) is 18.2 Å². The number of nitrogens with one attached hydrogen (secondary N) is 1. The number of hydrogen-bond donors (Lipinski definition) is 2. The first kappa shape index (κ1) is 9.43. The summed E-state index contributed by atoms with van der Waals surface area (Å²) in [7, 11) is 0. The number of hydrogen-bond acceptors (Lipinski definition) is 3. The lowest BCUT2D eigenvalue weighted by atomic mass is 10.1. The maximum Gasteiger partial charge on any atom is 0.123 e. The Hall–Kier alpha value is -1.13. The lowest BCUT2D eigenvalue weighted by Crippen LogP contribution is -2.45. The Balaban J connectivity index is 1.96. The van der Waals surface area contributed by atoms with Gasteiger partial charge in [-0.15, -0.1) is 0 Å². The van der Waals surface area contributed by atoms with Crippen LogP contribution in [-0.2, 0) is 11.3 Å². The summed E-state index contributed by atoms with van der Waals surface area (Å²) in [5.41, 5.74) is 0.580. The van der Waals surface area contributed by atoms with Gasteiger partial charge < -0.3 is 15.2 Å². The van der Waals surface area contributed by atoms with E-state index in [0.29, 0.717) is 31.4 Å². The highest BCUT2D eigenvalue weighted by atomic mass is 19.1. The first-order valence-electron chi connectivity index (χ1n) is 4.54. The number of phenols is 1. The Kier molecular flexibility index (Phi) is 2.65. The van der Waals surface area contributed by atoms with Crippen LogP contribution >= 0.6 is 0 Å². The van der Waals surface area contributed by atoms with Crippen molar-refractivity contribution in [3.05, 3.63) is 29.6 Å². The predicted molar refractivity (Wildman–Crippen MR) is 49.5 cm³/mol. The molecule has 0 aliphatic carbocycles. The van der Waals surface area contributed by atoms with E-state index < -0.39 is 0 Å². The molecular weight excluding hydrogens is 185 g/mol. The Morgan fingerprint density at radius 3 is 2.93 bits per heavy atom. The molecule has 0 amide bonds. The average molecular weight is 197 g/mol. The number of halogens is 1. The van der Waals surface area contributed by atoms with Crippen LogP contribution in [-0.4, -0.2) is 24.4 Å². The molecule has 76 valence electrons. The number of aromatic hydroxyl groups is 1. The molecule has 1 aliphatic heterocycles. The Bertz CT molecular complexity index is 326. The molecule has 0 atom stereocenters. The minimum atomic E-state index is -0.329. The maximum atomic E-state index is 12.8. The molecule has 0 spiro atoms. The van der Waals surface area contributed by atoms with Crippen molar-refractivity contribution in [2.45, 2.75) is 12.6 Å². The third-order valence-electron chi connectivity index (χ3n) is 2.26. The molecule has 0 radical (unpaired) electrons. The van der Waals surface area contributed by atoms with E-state index in [1.165, 1.54) is 18.2 Å². The van der Waals surface area contributed by atoms with Gasteiger partial charge in [0.15, 0.2) is 0 Å². The van der Waals surface area contributed by atoms with Crippen LogP contribution in [0.1, 0.15) is 5.56 Å². The number of ether oxygens (including phenoxy) is 1. The summed E-state index contributed by atoms with van der Waals surface area (Å²) in [5, 5.41) is 12.6. The van der Waals surface area contributed by atoms with Gasteiger partial charge in [-0.25, -0.2) is 4.39 Å². The van der Waals surface area contributed by atoms with Gasteiger partial charge in [0, 0.05) is 12.1 Å². The van der Waals surface area contributed by atoms with E-state index in [4.69, 9.17) is 4.74 Å². The fraction of sp³-hybridized carbons (Fsp3) is 0.400. The molecule has 1 heterocycles. The molecule has 0 bridgehead atoms. The van der Waals surface area contributed by atoms with Gasteiger partial charge >= 0.3 is 0 Å². The summed E-state index contributed by atoms with van der Waals surface area (Å²) < 4.78 is 17.8. The Morgan fingerprint density at radius 1 is 1.50 bits per heavy atom. The van der Waals surface area contributed by atoms with Crippen molar-refractivity contribution < 1.29 is 14.2 Å². The lowest BCUT2D eigenvalue weighted by molar-refractivity contribution is -0.00585. The Morgan fingerprint density at radius 2 is 2.29 bits per heavy atom. The zero-order valence-corrected chi connectivity index (χ0v) is 7.66. The molecule has 14 heavy (non-hydrogen) atoms. The number of benzene rings is 1. The van der Waals surface area contributed by atoms with Crippen molar-refractivity contribution in [2.75, 3.05) is 13.2 Å². The minimum Gasteiger partial charge on any atom is -0.508 e. The molecule has 0 unspecified atom stereocenters. The smallest absolute Gasteiger partial charge is 0.123 e. The van der Waals surface area contributed by atoms with E-state index in [2.05, 4.69) is 5.32 Å². The zero-order valence-electron chi connectivity index (χ0n) is 7.66. The molecule has 0 aromatic heterocycles. The highest BCUT2D eigenvalue weighted by Gasteiger charge is 2.17. The SMILES string of the molecule is Oc1ccc(F)cc1CNC1COC1. The molecule has 1 aliphatic rings. The van der Waals surface area contributed by atoms with Gasteiger partial charge in [0.05, 0.1) is 19.3 Å². The summed E-state index contributed by atoms with van der Waals surface area (Å²) in [6, 6.07) is 4.27. The largest absolute Gasteiger partial charge is 0.508 e. The van der Waals surface area contributed by atoms with Crippen molar-refractivity contribution in [3.8, 4) is 5.75 Å². The zero-order chi connectivity index (χ0) is 9.97. The maximum absolute atomic E-state index is 12.8. The van der Waals surface area contributed by atoms with E-state index in [0.717, 1.165) is 0 Å². The van der Waals surface area contributed by atoms with Gasteiger partial charge in [0.2, 0.25) is 0 Å². The van der Waals surface area contributed by atoms with Gasteiger partial charge in [-0.2, -0.15) is 0 Å². The van der Waals surface area contributed by atoms with Crippen LogP contribution in [0.15, 0.2) is 18.2 Å². The second-order valence-electron chi connectivity index (χ2n) is 3.39. The van der Waals surface area contributed by atoms with Gasteiger partial charge in [-0.3, -0.25) is 0 Å². The normalized spacial score (nSPS) is 16.6. The predicted octanol–water partition coefficient (Wildman–Crippen LogP) is 1.02. The van der Waals surface area contributed by atoms with E-state index in [1.807, 2.05) is 0 Å². The van der Waals surface area contributed by atoms with Gasteiger partial charge in [0.25, 0.3) is 0 Å². The van der Waals surface area contributed by atoms with Crippen molar-refractivity contribution in [1.82, 2.24) is 5.32 Å². The molecule has 1 aromatic rings. The summed E-state index contributed by atoms with van der Waals surface area (Å²) in [6.07, 6.45) is 0. The van der Waals surface area contributed by atoms with Crippen LogP contribution < -0.4 is 5.32 Å². The summed E-state index contributed by atoms with van der Waals surface area (Å²) in [6.45, 7) is 1.85. The third-order valence-corrected chi connectivity index (χ3v) is 2.26. The minimum absolute atomic E-state index is 0.124. The van der Waals surface area contributed by atoms with Gasteiger partial charge in [0.1, 0.15) is 11.6 Å². The molecule has 2 rings (SSSR count). The number of phenolic OH excluding ortho intramolecular Hbond substituents is 1.